The van der Waals surface area contributed by atoms with Gasteiger partial charge in [-0.05, 0) is 67.1 Å². The summed E-state index contributed by atoms with van der Waals surface area (Å²) in [5.74, 6) is -0.442. The van der Waals surface area contributed by atoms with E-state index in [2.05, 4.69) is 10.4 Å². The zero-order chi connectivity index (χ0) is 25.3. The largest absolute Gasteiger partial charge is 0.497 e. The van der Waals surface area contributed by atoms with E-state index in [1.165, 1.54) is 29.2 Å². The predicted molar refractivity (Wildman–Crippen MR) is 134 cm³/mol. The van der Waals surface area contributed by atoms with Gasteiger partial charge in [0.15, 0.2) is 0 Å². The van der Waals surface area contributed by atoms with Gasteiger partial charge in [-0.1, -0.05) is 30.3 Å². The van der Waals surface area contributed by atoms with Crippen LogP contribution in [-0.2, 0) is 17.9 Å². The second-order valence-corrected chi connectivity index (χ2v) is 8.86. The normalized spacial score (nSPS) is 17.0. The lowest BCUT2D eigenvalue weighted by Crippen LogP contribution is -2.64. The van der Waals surface area contributed by atoms with Gasteiger partial charge < -0.3 is 10.1 Å². The zero-order valence-electron chi connectivity index (χ0n) is 19.9. The molecule has 2 amide bonds. The first-order chi connectivity index (χ1) is 17.4. The molecule has 0 bridgehead atoms. The summed E-state index contributed by atoms with van der Waals surface area (Å²) >= 11 is 0. The summed E-state index contributed by atoms with van der Waals surface area (Å²) in [6, 6.07) is 24.2. The van der Waals surface area contributed by atoms with Crippen molar-refractivity contribution in [3.8, 4) is 17.0 Å². The number of methoxy groups -OCH3 is 1. The van der Waals surface area contributed by atoms with E-state index in [-0.39, 0.29) is 12.5 Å². The van der Waals surface area contributed by atoms with Crippen molar-refractivity contribution in [2.24, 2.45) is 0 Å². The minimum absolute atomic E-state index is 0.127. The third-order valence-corrected chi connectivity index (χ3v) is 6.41. The van der Waals surface area contributed by atoms with Crippen LogP contribution in [0.4, 0.5) is 10.1 Å². The van der Waals surface area contributed by atoms with Gasteiger partial charge in [0.05, 0.1) is 19.3 Å². The molecule has 182 valence electrons. The van der Waals surface area contributed by atoms with E-state index in [4.69, 9.17) is 4.74 Å². The minimum atomic E-state index is -1.31. The van der Waals surface area contributed by atoms with Gasteiger partial charge in [0.2, 0.25) is 5.91 Å². The number of carbonyl (C=O) groups excluding carboxylic acids is 2. The highest BCUT2D eigenvalue weighted by Gasteiger charge is 2.48. The van der Waals surface area contributed by atoms with Crippen molar-refractivity contribution in [1.29, 1.82) is 0 Å². The lowest BCUT2D eigenvalue weighted by Gasteiger charge is -2.43. The van der Waals surface area contributed by atoms with Crippen molar-refractivity contribution in [2.75, 3.05) is 12.0 Å². The van der Waals surface area contributed by atoms with Gasteiger partial charge >= 0.3 is 0 Å². The molecule has 0 fully saturated rings. The Kier molecular flexibility index (Phi) is 6.01. The van der Waals surface area contributed by atoms with Crippen LogP contribution in [0.15, 0.2) is 84.9 Å². The molecule has 5 rings (SSSR count). The molecule has 1 aromatic heterocycles. The highest BCUT2D eigenvalue weighted by molar-refractivity contribution is 6.12. The van der Waals surface area contributed by atoms with E-state index in [0.717, 1.165) is 11.1 Å². The predicted octanol–water partition coefficient (Wildman–Crippen LogP) is 4.43. The summed E-state index contributed by atoms with van der Waals surface area (Å²) in [5, 5.41) is 7.61. The van der Waals surface area contributed by atoms with Crippen molar-refractivity contribution in [3.63, 3.8) is 0 Å². The molecule has 0 saturated carbocycles. The van der Waals surface area contributed by atoms with Gasteiger partial charge in [0.1, 0.15) is 22.8 Å². The number of halogens is 1. The molecule has 1 aliphatic rings. The molecule has 3 aromatic carbocycles. The molecule has 0 aliphatic carbocycles. The highest BCUT2D eigenvalue weighted by Crippen LogP contribution is 2.34. The fourth-order valence-electron chi connectivity index (χ4n) is 4.45. The van der Waals surface area contributed by atoms with Crippen molar-refractivity contribution < 1.29 is 18.7 Å². The van der Waals surface area contributed by atoms with Crippen LogP contribution in [0.2, 0.25) is 0 Å². The molecular formula is C28H25FN4O3. The summed E-state index contributed by atoms with van der Waals surface area (Å²) in [4.78, 5) is 28.9. The Morgan fingerprint density at radius 1 is 1.06 bits per heavy atom. The number of hydrogen-bond donors (Lipinski definition) is 1. The number of aromatic nitrogens is 2. The average Bonchev–Trinajstić information content (AvgIpc) is 3.33. The Labute approximate surface area is 208 Å². The monoisotopic (exact) mass is 484 g/mol. The van der Waals surface area contributed by atoms with Crippen molar-refractivity contribution in [2.45, 2.75) is 25.6 Å². The summed E-state index contributed by atoms with van der Waals surface area (Å²) in [6.07, 6.45) is 0. The SMILES string of the molecule is COc1ccc(-c2cc3n(n2)C[C@](C)(C(=O)NCc2ccccc2)N(c2ccc(F)cc2)C3=O)cc1. The Bertz CT molecular complexity index is 1400. The molecule has 0 spiro atoms. The van der Waals surface area contributed by atoms with Crippen LogP contribution in [0.1, 0.15) is 23.0 Å². The van der Waals surface area contributed by atoms with Crippen molar-refractivity contribution in [1.82, 2.24) is 15.1 Å². The molecule has 7 nitrogen and oxygen atoms in total. The number of amides is 2. The number of anilines is 1. The molecule has 1 atom stereocenters. The zero-order valence-corrected chi connectivity index (χ0v) is 19.9. The summed E-state index contributed by atoms with van der Waals surface area (Å²) in [7, 11) is 1.59. The van der Waals surface area contributed by atoms with Crippen LogP contribution >= 0.6 is 0 Å². The first-order valence-corrected chi connectivity index (χ1v) is 11.5. The fourth-order valence-corrected chi connectivity index (χ4v) is 4.45. The first-order valence-electron chi connectivity index (χ1n) is 11.5. The van der Waals surface area contributed by atoms with Crippen LogP contribution in [0.3, 0.4) is 0 Å². The third-order valence-electron chi connectivity index (χ3n) is 6.41. The van der Waals surface area contributed by atoms with E-state index in [1.807, 2.05) is 54.6 Å². The van der Waals surface area contributed by atoms with Gasteiger partial charge in [-0.15, -0.1) is 0 Å². The number of hydrogen-bond acceptors (Lipinski definition) is 4. The number of ether oxygens (including phenoxy) is 1. The number of nitrogens with zero attached hydrogens (tertiary/aromatic N) is 3. The molecule has 1 N–H and O–H groups in total. The average molecular weight is 485 g/mol. The van der Waals surface area contributed by atoms with E-state index in [0.29, 0.717) is 29.4 Å². The molecule has 36 heavy (non-hydrogen) atoms. The first kappa shape index (κ1) is 23.3. The number of rotatable bonds is 6. The van der Waals surface area contributed by atoms with Crippen molar-refractivity contribution in [3.05, 3.63) is 102 Å². The Hall–Kier alpha value is -4.46. The van der Waals surface area contributed by atoms with Crippen LogP contribution in [0, 0.1) is 5.82 Å². The summed E-state index contributed by atoms with van der Waals surface area (Å²) in [6.45, 7) is 2.14. The third kappa shape index (κ3) is 4.22. The van der Waals surface area contributed by atoms with Crippen LogP contribution in [-0.4, -0.2) is 34.2 Å². The maximum absolute atomic E-state index is 13.8. The van der Waals surface area contributed by atoms with Gasteiger partial charge in [-0.2, -0.15) is 5.10 Å². The number of benzene rings is 3. The van der Waals surface area contributed by atoms with Gasteiger partial charge in [0, 0.05) is 17.8 Å². The second-order valence-electron chi connectivity index (χ2n) is 8.86. The maximum atomic E-state index is 13.8. The minimum Gasteiger partial charge on any atom is -0.497 e. The quantitative estimate of drug-likeness (QED) is 0.439. The second kappa shape index (κ2) is 9.30. The molecular weight excluding hydrogens is 459 g/mol. The fraction of sp³-hybridized carbons (Fsp3) is 0.179. The molecule has 8 heteroatoms. The van der Waals surface area contributed by atoms with E-state index >= 15 is 0 Å². The smallest absolute Gasteiger partial charge is 0.277 e. The van der Waals surface area contributed by atoms with Gasteiger partial charge in [-0.3, -0.25) is 19.2 Å². The van der Waals surface area contributed by atoms with Gasteiger partial charge in [-0.25, -0.2) is 4.39 Å². The molecule has 0 unspecified atom stereocenters. The lowest BCUT2D eigenvalue weighted by molar-refractivity contribution is -0.126. The Morgan fingerprint density at radius 2 is 1.75 bits per heavy atom. The molecule has 0 saturated heterocycles. The molecule has 2 heterocycles. The Morgan fingerprint density at radius 3 is 2.42 bits per heavy atom. The summed E-state index contributed by atoms with van der Waals surface area (Å²) in [5.41, 5.74) is 1.82. The lowest BCUT2D eigenvalue weighted by atomic mass is 9.93. The number of nitrogens with one attached hydrogen (secondary N) is 1. The number of carbonyl (C=O) groups is 2. The molecule has 1 aliphatic heterocycles. The maximum Gasteiger partial charge on any atom is 0.277 e. The van der Waals surface area contributed by atoms with E-state index in [9.17, 15) is 14.0 Å². The van der Waals surface area contributed by atoms with Gasteiger partial charge in [0.25, 0.3) is 5.91 Å². The highest BCUT2D eigenvalue weighted by atomic mass is 19.1. The van der Waals surface area contributed by atoms with E-state index < -0.39 is 17.3 Å². The van der Waals surface area contributed by atoms with Crippen molar-refractivity contribution >= 4 is 17.5 Å². The topological polar surface area (TPSA) is 76.5 Å². The molecule has 4 aromatic rings. The van der Waals surface area contributed by atoms with Crippen LogP contribution in [0.25, 0.3) is 11.3 Å². The van der Waals surface area contributed by atoms with E-state index in [1.54, 1.807) is 24.8 Å². The van der Waals surface area contributed by atoms with Crippen LogP contribution in [0.5, 0.6) is 5.75 Å². The van der Waals surface area contributed by atoms with Crippen LogP contribution < -0.4 is 15.0 Å². The summed E-state index contributed by atoms with van der Waals surface area (Å²) < 4.78 is 20.5. The standard InChI is InChI=1S/C28H25FN4O3/c1-28(27(35)30-17-19-6-4-3-5-7-19)18-32-25(26(34)33(28)22-12-10-21(29)11-13-22)16-24(31-32)20-8-14-23(36-2)15-9-20/h3-16H,17-18H2,1-2H3,(H,30,35)/t28-/m1/s1. The number of fused-ring (bicyclic) bond motifs is 1. The Balaban J connectivity index is 1.53. The molecule has 0 radical (unpaired) electrons.